The fraction of sp³-hybridized carbons (Fsp3) is 0.438. The van der Waals surface area contributed by atoms with Gasteiger partial charge in [-0.25, -0.2) is 4.79 Å². The van der Waals surface area contributed by atoms with Gasteiger partial charge in [-0.05, 0) is 49.3 Å². The molecule has 0 atom stereocenters. The van der Waals surface area contributed by atoms with E-state index in [0.29, 0.717) is 11.1 Å². The molecule has 21 heavy (non-hydrogen) atoms. The molecule has 0 saturated heterocycles. The number of carbonyl (C=O) groups excluding carboxylic acids is 1. The molecule has 0 aliphatic heterocycles. The summed E-state index contributed by atoms with van der Waals surface area (Å²) in [6.07, 6.45) is 9.79. The van der Waals surface area contributed by atoms with Crippen LogP contribution < -0.4 is 5.32 Å². The number of hydrogen-bond acceptors (Lipinski definition) is 3. The van der Waals surface area contributed by atoms with Crippen LogP contribution in [0.25, 0.3) is 6.08 Å². The number of nitrogens with zero attached hydrogens (tertiary/aromatic N) is 1. The lowest BCUT2D eigenvalue weighted by Crippen LogP contribution is -2.37. The second-order valence-corrected chi connectivity index (χ2v) is 5.61. The zero-order valence-electron chi connectivity index (χ0n) is 12.1. The Labute approximate surface area is 124 Å². The number of carboxylic acids is 1. The van der Waals surface area contributed by atoms with Crippen LogP contribution in [-0.2, 0) is 4.79 Å². The van der Waals surface area contributed by atoms with Crippen LogP contribution in [-0.4, -0.2) is 28.0 Å². The van der Waals surface area contributed by atoms with Gasteiger partial charge in [-0.1, -0.05) is 6.92 Å². The number of rotatable bonds is 4. The van der Waals surface area contributed by atoms with Crippen LogP contribution in [0, 0.1) is 5.92 Å². The number of carboxylic acid groups (broad SMARTS) is 1. The molecule has 1 amide bonds. The molecule has 1 heterocycles. The molecule has 1 aromatic rings. The van der Waals surface area contributed by atoms with E-state index in [1.165, 1.54) is 18.5 Å². The molecule has 1 aliphatic carbocycles. The average Bonchev–Trinajstić information content (AvgIpc) is 2.48. The van der Waals surface area contributed by atoms with E-state index < -0.39 is 5.97 Å². The third-order valence-electron chi connectivity index (χ3n) is 3.79. The highest BCUT2D eigenvalue weighted by atomic mass is 16.4. The summed E-state index contributed by atoms with van der Waals surface area (Å²) in [5.41, 5.74) is 1.06. The van der Waals surface area contributed by atoms with E-state index in [1.54, 1.807) is 6.07 Å². The first-order valence-electron chi connectivity index (χ1n) is 7.21. The first-order chi connectivity index (χ1) is 10.0. The van der Waals surface area contributed by atoms with Crippen LogP contribution in [0.1, 0.15) is 48.5 Å². The van der Waals surface area contributed by atoms with Crippen molar-refractivity contribution < 1.29 is 14.7 Å². The van der Waals surface area contributed by atoms with E-state index in [0.717, 1.165) is 37.7 Å². The summed E-state index contributed by atoms with van der Waals surface area (Å²) >= 11 is 0. The van der Waals surface area contributed by atoms with Crippen molar-refractivity contribution in [1.29, 1.82) is 0 Å². The molecule has 1 aromatic heterocycles. The molecule has 2 rings (SSSR count). The summed E-state index contributed by atoms with van der Waals surface area (Å²) in [6, 6.07) is 1.87. The maximum Gasteiger partial charge on any atom is 0.328 e. The topological polar surface area (TPSA) is 79.3 Å². The molecule has 112 valence electrons. The van der Waals surface area contributed by atoms with Gasteiger partial charge in [0.2, 0.25) is 0 Å². The molecule has 0 bridgehead atoms. The van der Waals surface area contributed by atoms with Crippen molar-refractivity contribution in [2.75, 3.05) is 0 Å². The monoisotopic (exact) mass is 288 g/mol. The summed E-state index contributed by atoms with van der Waals surface area (Å²) in [7, 11) is 0. The fourth-order valence-corrected chi connectivity index (χ4v) is 2.51. The van der Waals surface area contributed by atoms with Gasteiger partial charge in [0.1, 0.15) is 0 Å². The van der Waals surface area contributed by atoms with E-state index in [9.17, 15) is 9.59 Å². The molecule has 0 unspecified atom stereocenters. The van der Waals surface area contributed by atoms with Gasteiger partial charge in [-0.2, -0.15) is 0 Å². The molecule has 1 saturated carbocycles. The third-order valence-corrected chi connectivity index (χ3v) is 3.79. The van der Waals surface area contributed by atoms with Crippen molar-refractivity contribution in [3.63, 3.8) is 0 Å². The Kier molecular flexibility index (Phi) is 5.09. The summed E-state index contributed by atoms with van der Waals surface area (Å²) in [5.74, 6) is -0.432. The molecule has 5 heteroatoms. The maximum atomic E-state index is 12.2. The Morgan fingerprint density at radius 3 is 2.67 bits per heavy atom. The molecule has 0 spiro atoms. The highest BCUT2D eigenvalue weighted by Gasteiger charge is 2.20. The van der Waals surface area contributed by atoms with Crippen molar-refractivity contribution >= 4 is 18.0 Å². The predicted molar refractivity (Wildman–Crippen MR) is 79.8 cm³/mol. The third kappa shape index (κ3) is 4.70. The predicted octanol–water partition coefficient (Wildman–Crippen LogP) is 2.49. The SMILES string of the molecule is CC1CCC(NC(=O)c2cncc(/C=C/C(=O)O)c2)CC1. The highest BCUT2D eigenvalue weighted by Crippen LogP contribution is 2.23. The Bertz CT molecular complexity index is 546. The van der Waals surface area contributed by atoms with Crippen molar-refractivity contribution in [2.24, 2.45) is 5.92 Å². The first kappa shape index (κ1) is 15.2. The largest absolute Gasteiger partial charge is 0.478 e. The summed E-state index contributed by atoms with van der Waals surface area (Å²) < 4.78 is 0. The Hall–Kier alpha value is -2.17. The first-order valence-corrected chi connectivity index (χ1v) is 7.21. The van der Waals surface area contributed by atoms with Gasteiger partial charge in [-0.3, -0.25) is 9.78 Å². The van der Waals surface area contributed by atoms with E-state index >= 15 is 0 Å². The maximum absolute atomic E-state index is 12.2. The number of pyridine rings is 1. The number of amides is 1. The molecule has 1 fully saturated rings. The van der Waals surface area contributed by atoms with Crippen LogP contribution >= 0.6 is 0 Å². The minimum Gasteiger partial charge on any atom is -0.478 e. The second-order valence-electron chi connectivity index (χ2n) is 5.61. The lowest BCUT2D eigenvalue weighted by atomic mass is 9.87. The Balaban J connectivity index is 1.99. The zero-order valence-corrected chi connectivity index (χ0v) is 12.1. The van der Waals surface area contributed by atoms with Crippen LogP contribution in [0.2, 0.25) is 0 Å². The van der Waals surface area contributed by atoms with E-state index in [4.69, 9.17) is 5.11 Å². The van der Waals surface area contributed by atoms with E-state index in [-0.39, 0.29) is 11.9 Å². The standard InChI is InChI=1S/C16H20N2O3/c1-11-2-5-14(6-3-11)18-16(21)13-8-12(9-17-10-13)4-7-15(19)20/h4,7-11,14H,2-3,5-6H2,1H3,(H,18,21)(H,19,20)/b7-4+. The van der Waals surface area contributed by atoms with Crippen molar-refractivity contribution in [3.05, 3.63) is 35.7 Å². The molecular formula is C16H20N2O3. The smallest absolute Gasteiger partial charge is 0.328 e. The van der Waals surface area contributed by atoms with Crippen molar-refractivity contribution in [3.8, 4) is 0 Å². The lowest BCUT2D eigenvalue weighted by Gasteiger charge is -2.26. The summed E-state index contributed by atoms with van der Waals surface area (Å²) in [6.45, 7) is 2.24. The number of aromatic nitrogens is 1. The van der Waals surface area contributed by atoms with E-state index in [1.807, 2.05) is 0 Å². The molecule has 2 N–H and O–H groups in total. The van der Waals surface area contributed by atoms with Gasteiger partial charge in [0.15, 0.2) is 0 Å². The van der Waals surface area contributed by atoms with Crippen LogP contribution in [0.5, 0.6) is 0 Å². The van der Waals surface area contributed by atoms with Gasteiger partial charge in [-0.15, -0.1) is 0 Å². The number of carbonyl (C=O) groups is 2. The van der Waals surface area contributed by atoms with Crippen molar-refractivity contribution in [2.45, 2.75) is 38.6 Å². The van der Waals surface area contributed by atoms with Gasteiger partial charge in [0.05, 0.1) is 5.56 Å². The summed E-state index contributed by atoms with van der Waals surface area (Å²) in [4.78, 5) is 26.7. The van der Waals surface area contributed by atoms with Gasteiger partial charge < -0.3 is 10.4 Å². The van der Waals surface area contributed by atoms with Gasteiger partial charge in [0.25, 0.3) is 5.91 Å². The summed E-state index contributed by atoms with van der Waals surface area (Å²) in [5, 5.41) is 11.6. The quantitative estimate of drug-likeness (QED) is 0.834. The normalized spacial score (nSPS) is 22.1. The molecule has 5 nitrogen and oxygen atoms in total. The minimum atomic E-state index is -1.03. The van der Waals surface area contributed by atoms with Gasteiger partial charge in [0, 0.05) is 24.5 Å². The second kappa shape index (κ2) is 7.02. The lowest BCUT2D eigenvalue weighted by molar-refractivity contribution is -0.131. The highest BCUT2D eigenvalue weighted by molar-refractivity contribution is 5.95. The van der Waals surface area contributed by atoms with Crippen LogP contribution in [0.15, 0.2) is 24.5 Å². The van der Waals surface area contributed by atoms with E-state index in [2.05, 4.69) is 17.2 Å². The Morgan fingerprint density at radius 1 is 1.29 bits per heavy atom. The molecule has 0 radical (unpaired) electrons. The van der Waals surface area contributed by atoms with Crippen LogP contribution in [0.3, 0.4) is 0 Å². The number of nitrogens with one attached hydrogen (secondary N) is 1. The molecule has 0 aromatic carbocycles. The van der Waals surface area contributed by atoms with Crippen LogP contribution in [0.4, 0.5) is 0 Å². The minimum absolute atomic E-state index is 0.146. The molecular weight excluding hydrogens is 268 g/mol. The number of hydrogen-bond donors (Lipinski definition) is 2. The fourth-order valence-electron chi connectivity index (χ4n) is 2.51. The molecule has 1 aliphatic rings. The zero-order chi connectivity index (χ0) is 15.2. The Morgan fingerprint density at radius 2 is 2.00 bits per heavy atom. The van der Waals surface area contributed by atoms with Gasteiger partial charge >= 0.3 is 5.97 Å². The average molecular weight is 288 g/mol. The van der Waals surface area contributed by atoms with Crippen molar-refractivity contribution in [1.82, 2.24) is 10.3 Å². The number of aliphatic carboxylic acids is 1.